The van der Waals surface area contributed by atoms with E-state index in [4.69, 9.17) is 11.6 Å². The minimum Gasteiger partial charge on any atom is -0.266 e. The maximum Gasteiger partial charge on any atom is 0.286 e. The predicted molar refractivity (Wildman–Crippen MR) is 71.8 cm³/mol. The van der Waals surface area contributed by atoms with Gasteiger partial charge in [-0.3, -0.25) is 4.79 Å². The van der Waals surface area contributed by atoms with E-state index in [1.807, 2.05) is 0 Å². The molecule has 0 saturated carbocycles. The predicted octanol–water partition coefficient (Wildman–Crippen LogP) is 1.41. The molecule has 7 heteroatoms. The summed E-state index contributed by atoms with van der Waals surface area (Å²) in [4.78, 5) is 11.5. The largest absolute Gasteiger partial charge is 0.286 e. The first-order valence-electron chi connectivity index (χ1n) is 5.40. The zero-order valence-corrected chi connectivity index (χ0v) is 11.6. The molecule has 0 fully saturated rings. The molecule has 0 aliphatic carbocycles. The minimum atomic E-state index is -3.80. The van der Waals surface area contributed by atoms with Gasteiger partial charge in [-0.05, 0) is 5.56 Å². The van der Waals surface area contributed by atoms with Crippen molar-refractivity contribution in [3.63, 3.8) is 0 Å². The molecule has 0 N–H and O–H groups in total. The fourth-order valence-corrected chi connectivity index (χ4v) is 3.65. The van der Waals surface area contributed by atoms with Gasteiger partial charge in [-0.1, -0.05) is 41.9 Å². The first-order chi connectivity index (χ1) is 8.92. The number of rotatable bonds is 3. The molecule has 0 atom stereocenters. The average molecular weight is 299 g/mol. The zero-order chi connectivity index (χ0) is 14.0. The highest BCUT2D eigenvalue weighted by molar-refractivity contribution is 7.90. The van der Waals surface area contributed by atoms with Crippen molar-refractivity contribution in [2.24, 2.45) is 7.05 Å². The lowest BCUT2D eigenvalue weighted by molar-refractivity contribution is 0.588. The van der Waals surface area contributed by atoms with Crippen LogP contribution in [-0.4, -0.2) is 18.2 Å². The van der Waals surface area contributed by atoms with E-state index in [1.54, 1.807) is 30.3 Å². The van der Waals surface area contributed by atoms with E-state index in [9.17, 15) is 13.2 Å². The summed E-state index contributed by atoms with van der Waals surface area (Å²) >= 11 is 5.80. The van der Waals surface area contributed by atoms with Crippen LogP contribution in [0.5, 0.6) is 0 Å². The van der Waals surface area contributed by atoms with Gasteiger partial charge in [0.15, 0.2) is 14.7 Å². The molecule has 1 aromatic heterocycles. The number of aryl methyl sites for hydroxylation is 1. The molecule has 100 valence electrons. The van der Waals surface area contributed by atoms with Crippen molar-refractivity contribution in [2.75, 3.05) is 0 Å². The molecule has 5 nitrogen and oxygen atoms in total. The molecular formula is C12H11ClN2O3S. The zero-order valence-electron chi connectivity index (χ0n) is 10.1. The molecule has 0 saturated heterocycles. The van der Waals surface area contributed by atoms with Crippen LogP contribution in [0.25, 0.3) is 0 Å². The standard InChI is InChI=1S/C12H11ClN2O3S/c1-15-12(16)11(10(13)7-14-15)19(17,18)8-9-5-3-2-4-6-9/h2-7H,8H2,1H3. The Morgan fingerprint density at radius 1 is 1.26 bits per heavy atom. The molecule has 1 aromatic carbocycles. The van der Waals surface area contributed by atoms with Crippen LogP contribution in [0, 0.1) is 0 Å². The normalized spacial score (nSPS) is 11.5. The second-order valence-electron chi connectivity index (χ2n) is 4.00. The van der Waals surface area contributed by atoms with E-state index in [0.717, 1.165) is 10.9 Å². The van der Waals surface area contributed by atoms with E-state index in [0.29, 0.717) is 5.56 Å². The van der Waals surface area contributed by atoms with E-state index in [1.165, 1.54) is 7.05 Å². The van der Waals surface area contributed by atoms with Crippen LogP contribution in [0.15, 0.2) is 46.2 Å². The summed E-state index contributed by atoms with van der Waals surface area (Å²) in [5.74, 6) is -0.271. The fraction of sp³-hybridized carbons (Fsp3) is 0.167. The Labute approximate surface area is 115 Å². The topological polar surface area (TPSA) is 69.0 Å². The highest BCUT2D eigenvalue weighted by Crippen LogP contribution is 2.20. The van der Waals surface area contributed by atoms with Crippen LogP contribution in [0.3, 0.4) is 0 Å². The van der Waals surface area contributed by atoms with Crippen LogP contribution in [0.2, 0.25) is 5.02 Å². The number of hydrogen-bond acceptors (Lipinski definition) is 4. The van der Waals surface area contributed by atoms with Crippen LogP contribution in [0.4, 0.5) is 0 Å². The maximum atomic E-state index is 12.3. The summed E-state index contributed by atoms with van der Waals surface area (Å²) in [5, 5.41) is 3.51. The number of benzene rings is 1. The summed E-state index contributed by atoms with van der Waals surface area (Å²) in [7, 11) is -2.43. The van der Waals surface area contributed by atoms with Gasteiger partial charge < -0.3 is 0 Å². The van der Waals surface area contributed by atoms with Gasteiger partial charge in [0.2, 0.25) is 0 Å². The Hall–Kier alpha value is -1.66. The molecule has 0 unspecified atom stereocenters. The third-order valence-corrected chi connectivity index (χ3v) is 4.69. The highest BCUT2D eigenvalue weighted by Gasteiger charge is 2.24. The third-order valence-electron chi connectivity index (χ3n) is 2.56. The first-order valence-corrected chi connectivity index (χ1v) is 7.43. The Morgan fingerprint density at radius 2 is 1.89 bits per heavy atom. The van der Waals surface area contributed by atoms with Gasteiger partial charge >= 0.3 is 0 Å². The van der Waals surface area contributed by atoms with E-state index in [2.05, 4.69) is 5.10 Å². The maximum absolute atomic E-state index is 12.3. The lowest BCUT2D eigenvalue weighted by Crippen LogP contribution is -2.26. The Morgan fingerprint density at radius 3 is 2.53 bits per heavy atom. The van der Waals surface area contributed by atoms with Crippen LogP contribution in [-0.2, 0) is 22.6 Å². The Balaban J connectivity index is 2.53. The van der Waals surface area contributed by atoms with E-state index < -0.39 is 20.3 Å². The SMILES string of the molecule is Cn1ncc(Cl)c(S(=O)(=O)Cc2ccccc2)c1=O. The van der Waals surface area contributed by atoms with Crippen LogP contribution >= 0.6 is 11.6 Å². The smallest absolute Gasteiger partial charge is 0.266 e. The van der Waals surface area contributed by atoms with Crippen LogP contribution < -0.4 is 5.56 Å². The average Bonchev–Trinajstić information content (AvgIpc) is 2.35. The van der Waals surface area contributed by atoms with Crippen molar-refractivity contribution < 1.29 is 8.42 Å². The monoisotopic (exact) mass is 298 g/mol. The second kappa shape index (κ2) is 5.14. The molecule has 0 amide bonds. The number of aromatic nitrogens is 2. The van der Waals surface area contributed by atoms with E-state index >= 15 is 0 Å². The molecule has 2 rings (SSSR count). The molecule has 2 aromatic rings. The van der Waals surface area contributed by atoms with Crippen molar-refractivity contribution in [1.82, 2.24) is 9.78 Å². The van der Waals surface area contributed by atoms with Gasteiger partial charge in [-0.15, -0.1) is 0 Å². The molecule has 0 aliphatic rings. The molecule has 0 aliphatic heterocycles. The van der Waals surface area contributed by atoms with Gasteiger partial charge in [-0.25, -0.2) is 13.1 Å². The molecule has 0 radical (unpaired) electrons. The second-order valence-corrected chi connectivity index (χ2v) is 6.33. The summed E-state index contributed by atoms with van der Waals surface area (Å²) in [6.45, 7) is 0. The lowest BCUT2D eigenvalue weighted by atomic mass is 10.2. The van der Waals surface area contributed by atoms with Gasteiger partial charge in [0.05, 0.1) is 17.0 Å². The van der Waals surface area contributed by atoms with Crippen molar-refractivity contribution >= 4 is 21.4 Å². The highest BCUT2D eigenvalue weighted by atomic mass is 35.5. The van der Waals surface area contributed by atoms with Gasteiger partial charge in [0, 0.05) is 7.05 Å². The van der Waals surface area contributed by atoms with Crippen molar-refractivity contribution in [2.45, 2.75) is 10.6 Å². The van der Waals surface area contributed by atoms with Crippen LogP contribution in [0.1, 0.15) is 5.56 Å². The van der Waals surface area contributed by atoms with Crippen molar-refractivity contribution in [3.8, 4) is 0 Å². The van der Waals surface area contributed by atoms with Crippen molar-refractivity contribution in [1.29, 1.82) is 0 Å². The number of sulfone groups is 1. The molecule has 19 heavy (non-hydrogen) atoms. The molecule has 1 heterocycles. The van der Waals surface area contributed by atoms with Gasteiger partial charge in [0.1, 0.15) is 0 Å². The fourth-order valence-electron chi connectivity index (χ4n) is 1.64. The Bertz CT molecular complexity index is 754. The minimum absolute atomic E-state index is 0.154. The van der Waals surface area contributed by atoms with Crippen molar-refractivity contribution in [3.05, 3.63) is 57.5 Å². The third kappa shape index (κ3) is 2.85. The molecule has 0 bridgehead atoms. The number of halogens is 1. The first kappa shape index (κ1) is 13.8. The number of hydrogen-bond donors (Lipinski definition) is 0. The summed E-state index contributed by atoms with van der Waals surface area (Å²) in [5.41, 5.74) is -0.124. The van der Waals surface area contributed by atoms with Gasteiger partial charge in [-0.2, -0.15) is 5.10 Å². The molecular weight excluding hydrogens is 288 g/mol. The van der Waals surface area contributed by atoms with E-state index in [-0.39, 0.29) is 10.8 Å². The lowest BCUT2D eigenvalue weighted by Gasteiger charge is -2.07. The number of nitrogens with zero attached hydrogens (tertiary/aromatic N) is 2. The molecule has 0 spiro atoms. The Kier molecular flexibility index (Phi) is 3.73. The van der Waals surface area contributed by atoms with Gasteiger partial charge in [0.25, 0.3) is 5.56 Å². The quantitative estimate of drug-likeness (QED) is 0.859. The summed E-state index contributed by atoms with van der Waals surface area (Å²) in [6.07, 6.45) is 1.15. The summed E-state index contributed by atoms with van der Waals surface area (Å²) in [6, 6.07) is 8.61. The summed E-state index contributed by atoms with van der Waals surface area (Å²) < 4.78 is 25.5.